The van der Waals surface area contributed by atoms with Gasteiger partial charge in [-0.3, -0.25) is 0 Å². The molecule has 6 nitrogen and oxygen atoms in total. The summed E-state index contributed by atoms with van der Waals surface area (Å²) in [5, 5.41) is 22.9. The molecule has 1 aromatic carbocycles. The predicted molar refractivity (Wildman–Crippen MR) is 108 cm³/mol. The van der Waals surface area contributed by atoms with Gasteiger partial charge in [-0.1, -0.05) is 5.57 Å². The third-order valence-corrected chi connectivity index (χ3v) is 5.82. The van der Waals surface area contributed by atoms with E-state index in [0.29, 0.717) is 17.3 Å². The minimum atomic E-state index is 0.175. The summed E-state index contributed by atoms with van der Waals surface area (Å²) >= 11 is 0. The van der Waals surface area contributed by atoms with Gasteiger partial charge in [-0.15, -0.1) is 5.10 Å². The number of benzene rings is 1. The molecule has 2 aromatic heterocycles. The largest absolute Gasteiger partial charge is 0.507 e. The average Bonchev–Trinajstić information content (AvgIpc) is 3.30. The molecule has 2 atom stereocenters. The second kappa shape index (κ2) is 6.56. The molecule has 2 bridgehead atoms. The van der Waals surface area contributed by atoms with Crippen molar-refractivity contribution in [1.82, 2.24) is 25.1 Å². The molecule has 142 valence electrons. The van der Waals surface area contributed by atoms with Gasteiger partial charge < -0.3 is 15.0 Å². The van der Waals surface area contributed by atoms with E-state index in [9.17, 15) is 5.11 Å². The molecule has 0 radical (unpaired) electrons. The average molecular weight is 373 g/mol. The number of aromatic hydroxyl groups is 1. The molecule has 2 aliphatic rings. The van der Waals surface area contributed by atoms with Gasteiger partial charge in [-0.25, -0.2) is 4.98 Å². The summed E-state index contributed by atoms with van der Waals surface area (Å²) < 4.78 is 1.84. The molecule has 0 saturated carbocycles. The highest BCUT2D eigenvalue weighted by Crippen LogP contribution is 2.38. The van der Waals surface area contributed by atoms with Crippen molar-refractivity contribution in [3.8, 4) is 22.7 Å². The van der Waals surface area contributed by atoms with Crippen LogP contribution < -0.4 is 5.32 Å². The third kappa shape index (κ3) is 3.20. The molecule has 2 N–H and O–H groups in total. The molecule has 2 saturated heterocycles. The highest BCUT2D eigenvalue weighted by atomic mass is 16.3. The van der Waals surface area contributed by atoms with E-state index in [1.165, 1.54) is 18.4 Å². The summed E-state index contributed by atoms with van der Waals surface area (Å²) in [5.74, 6) is 0.175. The van der Waals surface area contributed by atoms with E-state index in [0.717, 1.165) is 24.2 Å². The maximum absolute atomic E-state index is 10.4. The first-order valence-corrected chi connectivity index (χ1v) is 9.71. The summed E-state index contributed by atoms with van der Waals surface area (Å²) in [6.07, 6.45) is 12.1. The van der Waals surface area contributed by atoms with Crippen molar-refractivity contribution in [2.75, 3.05) is 0 Å². The Balaban J connectivity index is 1.38. The number of nitrogens with zero attached hydrogens (tertiary/aromatic N) is 4. The Labute approximate surface area is 164 Å². The third-order valence-electron chi connectivity index (χ3n) is 5.82. The van der Waals surface area contributed by atoms with Crippen LogP contribution in [-0.2, 0) is 0 Å². The van der Waals surface area contributed by atoms with Crippen molar-refractivity contribution in [3.63, 3.8) is 0 Å². The first-order chi connectivity index (χ1) is 13.6. The maximum Gasteiger partial charge on any atom is 0.127 e. The van der Waals surface area contributed by atoms with Gasteiger partial charge in [-0.05, 0) is 62.9 Å². The summed E-state index contributed by atoms with van der Waals surface area (Å²) in [7, 11) is 0. The Hall–Kier alpha value is -2.99. The van der Waals surface area contributed by atoms with Crippen LogP contribution in [0.25, 0.3) is 23.0 Å². The Morgan fingerprint density at radius 1 is 1.25 bits per heavy atom. The summed E-state index contributed by atoms with van der Waals surface area (Å²) in [4.78, 5) is 4.03. The standard InChI is InChI=1S/C22H23N5O/c1-22-7-6-16(24-22)10-15(13-22)11-17-2-5-20(26-25-17)19-4-3-18(12-21(19)28)27-9-8-23-14-27/h2-5,8-9,11-12,14,16,24,28H,6-7,10,13H2,1H3/b15-11+/t16-,22+/m0/s1. The van der Waals surface area contributed by atoms with Crippen LogP contribution in [0.15, 0.2) is 54.6 Å². The van der Waals surface area contributed by atoms with E-state index >= 15 is 0 Å². The lowest BCUT2D eigenvalue weighted by Gasteiger charge is -2.32. The fourth-order valence-electron chi connectivity index (χ4n) is 4.50. The molecule has 2 fully saturated rings. The van der Waals surface area contributed by atoms with Crippen LogP contribution in [0, 0.1) is 0 Å². The van der Waals surface area contributed by atoms with E-state index in [1.807, 2.05) is 35.0 Å². The molecule has 2 aliphatic heterocycles. The molecule has 0 aliphatic carbocycles. The number of nitrogens with one attached hydrogen (secondary N) is 1. The fourth-order valence-corrected chi connectivity index (χ4v) is 4.50. The van der Waals surface area contributed by atoms with Crippen molar-refractivity contribution in [1.29, 1.82) is 0 Å². The molecular formula is C22H23N5O. The second-order valence-corrected chi connectivity index (χ2v) is 8.14. The van der Waals surface area contributed by atoms with Gasteiger partial charge in [0, 0.05) is 35.6 Å². The number of piperidine rings is 1. The minimum absolute atomic E-state index is 0.175. The Morgan fingerprint density at radius 3 is 2.89 bits per heavy atom. The summed E-state index contributed by atoms with van der Waals surface area (Å²) in [5.41, 5.74) is 4.74. The van der Waals surface area contributed by atoms with Gasteiger partial charge in [0.05, 0.1) is 23.4 Å². The molecule has 0 amide bonds. The monoisotopic (exact) mass is 373 g/mol. The van der Waals surface area contributed by atoms with Gasteiger partial charge in [0.25, 0.3) is 0 Å². The van der Waals surface area contributed by atoms with Crippen LogP contribution in [0.4, 0.5) is 0 Å². The number of hydrogen-bond acceptors (Lipinski definition) is 5. The first-order valence-electron chi connectivity index (χ1n) is 9.71. The number of fused-ring (bicyclic) bond motifs is 2. The van der Waals surface area contributed by atoms with Crippen LogP contribution in [-0.4, -0.2) is 36.4 Å². The lowest BCUT2D eigenvalue weighted by Crippen LogP contribution is -2.44. The van der Waals surface area contributed by atoms with Crippen LogP contribution in [0.5, 0.6) is 5.75 Å². The van der Waals surface area contributed by atoms with Gasteiger partial charge in [-0.2, -0.15) is 5.10 Å². The quantitative estimate of drug-likeness (QED) is 0.732. The lowest BCUT2D eigenvalue weighted by molar-refractivity contribution is 0.351. The Kier molecular flexibility index (Phi) is 4.02. The molecule has 3 aromatic rings. The zero-order valence-corrected chi connectivity index (χ0v) is 15.8. The maximum atomic E-state index is 10.4. The van der Waals surface area contributed by atoms with Gasteiger partial charge >= 0.3 is 0 Å². The van der Waals surface area contributed by atoms with Crippen molar-refractivity contribution < 1.29 is 5.11 Å². The molecule has 6 heteroatoms. The van der Waals surface area contributed by atoms with Gasteiger partial charge in [0.15, 0.2) is 0 Å². The zero-order valence-electron chi connectivity index (χ0n) is 15.8. The number of hydrogen-bond donors (Lipinski definition) is 2. The topological polar surface area (TPSA) is 75.9 Å². The Morgan fingerprint density at radius 2 is 2.18 bits per heavy atom. The molecule has 28 heavy (non-hydrogen) atoms. The molecule has 0 spiro atoms. The fraction of sp³-hybridized carbons (Fsp3) is 0.318. The van der Waals surface area contributed by atoms with E-state index in [1.54, 1.807) is 18.6 Å². The van der Waals surface area contributed by atoms with Crippen molar-refractivity contribution >= 4 is 6.08 Å². The number of imidazole rings is 1. The second-order valence-electron chi connectivity index (χ2n) is 8.14. The molecular weight excluding hydrogens is 350 g/mol. The smallest absolute Gasteiger partial charge is 0.127 e. The predicted octanol–water partition coefficient (Wildman–Crippen LogP) is 3.72. The number of phenolic OH excluding ortho intramolecular Hbond substituents is 1. The molecule has 4 heterocycles. The van der Waals surface area contributed by atoms with Crippen LogP contribution in [0.3, 0.4) is 0 Å². The van der Waals surface area contributed by atoms with Crippen molar-refractivity contribution in [2.24, 2.45) is 0 Å². The summed E-state index contributed by atoms with van der Waals surface area (Å²) in [6, 6.07) is 9.99. The number of aromatic nitrogens is 4. The van der Waals surface area contributed by atoms with Gasteiger partial charge in [0.1, 0.15) is 5.75 Å². The normalized spacial score (nSPS) is 25.3. The van der Waals surface area contributed by atoms with Crippen molar-refractivity contribution in [2.45, 2.75) is 44.2 Å². The lowest BCUT2D eigenvalue weighted by atomic mass is 9.88. The molecule has 5 rings (SSSR count). The SMILES string of the molecule is C[C@@]12CC[C@@H](C/C(=C\c3ccc(-c4ccc(-n5ccnc5)cc4O)nn3)C1)N2. The van der Waals surface area contributed by atoms with Crippen LogP contribution >= 0.6 is 0 Å². The summed E-state index contributed by atoms with van der Waals surface area (Å²) in [6.45, 7) is 2.31. The van der Waals surface area contributed by atoms with Gasteiger partial charge in [0.2, 0.25) is 0 Å². The van der Waals surface area contributed by atoms with Crippen molar-refractivity contribution in [3.05, 3.63) is 60.3 Å². The van der Waals surface area contributed by atoms with Crippen LogP contribution in [0.1, 0.15) is 38.3 Å². The highest BCUT2D eigenvalue weighted by molar-refractivity contribution is 5.69. The Bertz CT molecular complexity index is 1030. The van der Waals surface area contributed by atoms with E-state index < -0.39 is 0 Å². The highest BCUT2D eigenvalue weighted by Gasteiger charge is 2.39. The van der Waals surface area contributed by atoms with E-state index in [2.05, 4.69) is 33.5 Å². The zero-order chi connectivity index (χ0) is 19.1. The number of rotatable bonds is 3. The van der Waals surface area contributed by atoms with E-state index in [-0.39, 0.29) is 11.3 Å². The molecule has 0 unspecified atom stereocenters. The first kappa shape index (κ1) is 17.1. The minimum Gasteiger partial charge on any atom is -0.507 e. The number of phenols is 1. The van der Waals surface area contributed by atoms with Crippen LogP contribution in [0.2, 0.25) is 0 Å². The van der Waals surface area contributed by atoms with E-state index in [4.69, 9.17) is 0 Å².